The molecule has 8 heteroatoms. The smallest absolute Gasteiger partial charge is 0.369 e. The van der Waals surface area contributed by atoms with Crippen molar-refractivity contribution in [1.29, 1.82) is 0 Å². The van der Waals surface area contributed by atoms with Gasteiger partial charge in [0.1, 0.15) is 0 Å². The Balaban J connectivity index is 1.50. The molecule has 0 amide bonds. The van der Waals surface area contributed by atoms with E-state index in [2.05, 4.69) is 32.1 Å². The molecule has 3 aromatic rings. The molecule has 0 bridgehead atoms. The molecule has 2 heterocycles. The average molecular weight is 389 g/mol. The largest absolute Gasteiger partial charge is 0.416 e. The van der Waals surface area contributed by atoms with Crippen LogP contribution >= 0.6 is 0 Å². The molecule has 2 aromatic carbocycles. The van der Waals surface area contributed by atoms with Gasteiger partial charge in [-0.15, -0.1) is 0 Å². The molecule has 5 nitrogen and oxygen atoms in total. The second-order valence-electron chi connectivity index (χ2n) is 7.09. The Kier molecular flexibility index (Phi) is 4.89. The molecule has 2 N–H and O–H groups in total. The number of hydrogen-bond donors (Lipinski definition) is 2. The van der Waals surface area contributed by atoms with Crippen molar-refractivity contribution in [2.75, 3.05) is 43.4 Å². The Hall–Kier alpha value is -2.74. The lowest BCUT2D eigenvalue weighted by Gasteiger charge is -2.34. The zero-order valence-corrected chi connectivity index (χ0v) is 15.6. The molecule has 148 valence electrons. The molecule has 4 rings (SSSR count). The molecule has 0 spiro atoms. The number of aromatic nitrogens is 2. The molecular formula is C20H22F3N5. The van der Waals surface area contributed by atoms with Crippen LogP contribution in [0.2, 0.25) is 0 Å². The molecule has 28 heavy (non-hydrogen) atoms. The standard InChI is InChI=1S/C20H22F3N5/c1-27-8-10-28(11-9-27)15-6-7-17-18(12-15)26-19(25-17)24-13-14-4-2-3-5-16(14)20(21,22)23/h2-7,12H,8-11,13H2,1H3,(H2,24,25,26). The molecule has 0 unspecified atom stereocenters. The summed E-state index contributed by atoms with van der Waals surface area (Å²) in [6.45, 7) is 4.02. The van der Waals surface area contributed by atoms with Gasteiger partial charge >= 0.3 is 6.18 Å². The van der Waals surface area contributed by atoms with Gasteiger partial charge in [-0.25, -0.2) is 4.98 Å². The summed E-state index contributed by atoms with van der Waals surface area (Å²) in [5.41, 5.74) is 2.33. The van der Waals surface area contributed by atoms with Crippen molar-refractivity contribution in [2.45, 2.75) is 12.7 Å². The van der Waals surface area contributed by atoms with Gasteiger partial charge in [-0.3, -0.25) is 0 Å². The number of hydrogen-bond acceptors (Lipinski definition) is 4. The monoisotopic (exact) mass is 389 g/mol. The van der Waals surface area contributed by atoms with E-state index in [0.717, 1.165) is 49.0 Å². The van der Waals surface area contributed by atoms with E-state index in [-0.39, 0.29) is 12.1 Å². The van der Waals surface area contributed by atoms with Crippen LogP contribution in [-0.2, 0) is 12.7 Å². The second-order valence-corrected chi connectivity index (χ2v) is 7.09. The van der Waals surface area contributed by atoms with E-state index in [4.69, 9.17) is 0 Å². The molecule has 1 saturated heterocycles. The van der Waals surface area contributed by atoms with E-state index in [9.17, 15) is 13.2 Å². The summed E-state index contributed by atoms with van der Waals surface area (Å²) in [7, 11) is 2.12. The van der Waals surface area contributed by atoms with Gasteiger partial charge in [-0.2, -0.15) is 13.2 Å². The SMILES string of the molecule is CN1CCN(c2ccc3nc(NCc4ccccc4C(F)(F)F)[nH]c3c2)CC1. The van der Waals surface area contributed by atoms with Gasteiger partial charge in [0, 0.05) is 38.4 Å². The number of anilines is 2. The van der Waals surface area contributed by atoms with E-state index < -0.39 is 11.7 Å². The van der Waals surface area contributed by atoms with E-state index in [1.165, 1.54) is 12.1 Å². The number of likely N-dealkylation sites (N-methyl/N-ethyl adjacent to an activating group) is 1. The first kappa shape index (κ1) is 18.6. The lowest BCUT2D eigenvalue weighted by Crippen LogP contribution is -2.44. The second kappa shape index (κ2) is 7.35. The first-order valence-electron chi connectivity index (χ1n) is 9.22. The normalized spacial score (nSPS) is 15.9. The lowest BCUT2D eigenvalue weighted by atomic mass is 10.1. The Morgan fingerprint density at radius 2 is 1.82 bits per heavy atom. The molecule has 1 aliphatic heterocycles. The van der Waals surface area contributed by atoms with Gasteiger partial charge in [0.2, 0.25) is 5.95 Å². The van der Waals surface area contributed by atoms with E-state index in [0.29, 0.717) is 5.95 Å². The number of rotatable bonds is 4. The Bertz CT molecular complexity index is 958. The number of fused-ring (bicyclic) bond motifs is 1. The minimum atomic E-state index is -4.37. The minimum Gasteiger partial charge on any atom is -0.369 e. The molecule has 0 atom stereocenters. The maximum Gasteiger partial charge on any atom is 0.416 e. The summed E-state index contributed by atoms with van der Waals surface area (Å²) in [4.78, 5) is 12.2. The molecule has 1 fully saturated rings. The summed E-state index contributed by atoms with van der Waals surface area (Å²) >= 11 is 0. The van der Waals surface area contributed by atoms with Crippen LogP contribution in [0.5, 0.6) is 0 Å². The van der Waals surface area contributed by atoms with Crippen molar-refractivity contribution in [3.8, 4) is 0 Å². The Morgan fingerprint density at radius 1 is 1.07 bits per heavy atom. The molecule has 0 aliphatic carbocycles. The fourth-order valence-corrected chi connectivity index (χ4v) is 3.47. The number of nitrogens with one attached hydrogen (secondary N) is 2. The number of imidazole rings is 1. The molecule has 0 radical (unpaired) electrons. The minimum absolute atomic E-state index is 0.0425. The van der Waals surface area contributed by atoms with Crippen LogP contribution in [0.3, 0.4) is 0 Å². The van der Waals surface area contributed by atoms with Gasteiger partial charge < -0.3 is 20.1 Å². The van der Waals surface area contributed by atoms with Crippen LogP contribution in [0.15, 0.2) is 42.5 Å². The summed E-state index contributed by atoms with van der Waals surface area (Å²) in [6.07, 6.45) is -4.37. The number of H-pyrrole nitrogens is 1. The summed E-state index contributed by atoms with van der Waals surface area (Å²) in [6, 6.07) is 11.6. The van der Waals surface area contributed by atoms with Gasteiger partial charge in [-0.05, 0) is 36.9 Å². The van der Waals surface area contributed by atoms with Gasteiger partial charge in [-0.1, -0.05) is 18.2 Å². The van der Waals surface area contributed by atoms with Gasteiger partial charge in [0.15, 0.2) is 0 Å². The highest BCUT2D eigenvalue weighted by Gasteiger charge is 2.32. The van der Waals surface area contributed by atoms with Crippen molar-refractivity contribution in [3.63, 3.8) is 0 Å². The fourth-order valence-electron chi connectivity index (χ4n) is 3.47. The zero-order valence-electron chi connectivity index (χ0n) is 15.6. The third kappa shape index (κ3) is 3.91. The van der Waals surface area contributed by atoms with E-state index >= 15 is 0 Å². The van der Waals surface area contributed by atoms with Gasteiger partial charge in [0.05, 0.1) is 16.6 Å². The number of alkyl halides is 3. The third-order valence-corrected chi connectivity index (χ3v) is 5.10. The van der Waals surface area contributed by atoms with E-state index in [1.807, 2.05) is 18.2 Å². The van der Waals surface area contributed by atoms with Crippen LogP contribution in [0.25, 0.3) is 11.0 Å². The molecular weight excluding hydrogens is 367 g/mol. The molecule has 1 aliphatic rings. The van der Waals surface area contributed by atoms with E-state index in [1.54, 1.807) is 6.07 Å². The fraction of sp³-hybridized carbons (Fsp3) is 0.350. The number of aromatic amines is 1. The number of nitrogens with zero attached hydrogens (tertiary/aromatic N) is 3. The maximum atomic E-state index is 13.1. The van der Waals surface area contributed by atoms with Crippen molar-refractivity contribution < 1.29 is 13.2 Å². The average Bonchev–Trinajstić information content (AvgIpc) is 3.08. The third-order valence-electron chi connectivity index (χ3n) is 5.10. The first-order chi connectivity index (χ1) is 13.4. The highest BCUT2D eigenvalue weighted by Crippen LogP contribution is 2.32. The van der Waals surface area contributed by atoms with Crippen molar-refractivity contribution >= 4 is 22.7 Å². The predicted molar refractivity (Wildman–Crippen MR) is 105 cm³/mol. The van der Waals surface area contributed by atoms with Crippen molar-refractivity contribution in [3.05, 3.63) is 53.6 Å². The highest BCUT2D eigenvalue weighted by molar-refractivity contribution is 5.81. The summed E-state index contributed by atoms with van der Waals surface area (Å²) < 4.78 is 39.4. The van der Waals surface area contributed by atoms with Crippen LogP contribution in [0.1, 0.15) is 11.1 Å². The lowest BCUT2D eigenvalue weighted by molar-refractivity contribution is -0.138. The quantitative estimate of drug-likeness (QED) is 0.710. The van der Waals surface area contributed by atoms with Gasteiger partial charge in [0.25, 0.3) is 0 Å². The summed E-state index contributed by atoms with van der Waals surface area (Å²) in [5, 5.41) is 2.98. The number of halogens is 3. The Labute approximate surface area is 161 Å². The first-order valence-corrected chi connectivity index (χ1v) is 9.22. The summed E-state index contributed by atoms with van der Waals surface area (Å²) in [5.74, 6) is 0.461. The van der Waals surface area contributed by atoms with Crippen molar-refractivity contribution in [1.82, 2.24) is 14.9 Å². The van der Waals surface area contributed by atoms with Crippen molar-refractivity contribution in [2.24, 2.45) is 0 Å². The molecule has 0 saturated carbocycles. The maximum absolute atomic E-state index is 13.1. The topological polar surface area (TPSA) is 47.2 Å². The molecule has 1 aromatic heterocycles. The van der Waals surface area contributed by atoms with Crippen LogP contribution in [0.4, 0.5) is 24.8 Å². The zero-order chi connectivity index (χ0) is 19.7. The Morgan fingerprint density at radius 3 is 2.57 bits per heavy atom. The number of benzene rings is 2. The predicted octanol–water partition coefficient (Wildman–Crippen LogP) is 3.95. The van der Waals surface area contributed by atoms with Crippen LogP contribution in [0, 0.1) is 0 Å². The number of piperazine rings is 1. The van der Waals surface area contributed by atoms with Crippen LogP contribution in [-0.4, -0.2) is 48.1 Å². The highest BCUT2D eigenvalue weighted by atomic mass is 19.4. The van der Waals surface area contributed by atoms with Crippen LogP contribution < -0.4 is 10.2 Å².